The van der Waals surface area contributed by atoms with E-state index in [4.69, 9.17) is 99.5 Å². The molecule has 11 saturated heterocycles. The third-order valence-electron chi connectivity index (χ3n) is 23.4. The number of amides is 1. The van der Waals surface area contributed by atoms with E-state index >= 15 is 0 Å². The van der Waals surface area contributed by atoms with E-state index in [-0.39, 0.29) is 0 Å². The molecular weight excluding hydrogens is 1730 g/mol. The normalized spacial score (nSPS) is 52.7. The minimum absolute atomic E-state index is 0.879. The number of aliphatic hydroxyl groups excluding tert-OH is 34. The van der Waals surface area contributed by atoms with Crippen molar-refractivity contribution in [3.05, 3.63) is 0 Å². The number of ether oxygens (including phenoxy) is 21. The van der Waals surface area contributed by atoms with Crippen molar-refractivity contribution in [2.75, 3.05) is 72.7 Å². The largest absolute Gasteiger partial charge is 0.394 e. The van der Waals surface area contributed by atoms with E-state index in [1.807, 2.05) is 0 Å². The summed E-state index contributed by atoms with van der Waals surface area (Å²) in [4.78, 5) is 12.4. The van der Waals surface area contributed by atoms with E-state index in [0.29, 0.717) is 0 Å². The van der Waals surface area contributed by atoms with Crippen LogP contribution >= 0.6 is 0 Å². The molecule has 11 fully saturated rings. The summed E-state index contributed by atoms with van der Waals surface area (Å²) in [6.45, 7) is -11.6. The predicted octanol–water partition coefficient (Wildman–Crippen LogP) is -24.8. The first kappa shape index (κ1) is 103. The lowest BCUT2D eigenvalue weighted by Gasteiger charge is -2.51. The van der Waals surface area contributed by atoms with E-state index in [2.05, 4.69) is 5.32 Å². The summed E-state index contributed by atoms with van der Waals surface area (Å²) in [6, 6.07) is -1.80. The van der Waals surface area contributed by atoms with E-state index in [9.17, 15) is 178 Å². The lowest BCUT2D eigenvalue weighted by atomic mass is 9.94. The van der Waals surface area contributed by atoms with E-state index in [1.54, 1.807) is 0 Å². The molecule has 0 radical (unpaired) electrons. The Hall–Kier alpha value is -2.73. The number of carbonyl (C=O) groups is 1. The summed E-state index contributed by atoms with van der Waals surface area (Å²) in [5.74, 6) is -0.879. The maximum atomic E-state index is 12.5. The quantitative estimate of drug-likeness (QED) is 0.0297. The maximum absolute atomic E-state index is 12.5. The lowest BCUT2D eigenvalue weighted by Crippen LogP contribution is -2.69. The smallest absolute Gasteiger partial charge is 0.217 e. The zero-order valence-electron chi connectivity index (χ0n) is 65.7. The summed E-state index contributed by atoms with van der Waals surface area (Å²) in [6.07, 6.45) is -118. The van der Waals surface area contributed by atoms with Crippen LogP contribution in [0, 0.1) is 0 Å². The van der Waals surface area contributed by atoms with Gasteiger partial charge in [-0.1, -0.05) is 0 Å². The van der Waals surface area contributed by atoms with Crippen molar-refractivity contribution in [2.24, 2.45) is 0 Å². The predicted molar refractivity (Wildman–Crippen MR) is 374 cm³/mol. The van der Waals surface area contributed by atoms with Gasteiger partial charge in [-0.3, -0.25) is 4.79 Å². The van der Waals surface area contributed by atoms with Gasteiger partial charge in [-0.2, -0.15) is 0 Å². The number of carbonyl (C=O) groups excluding carboxylic acids is 1. The van der Waals surface area contributed by atoms with Gasteiger partial charge in [-0.15, -0.1) is 0 Å². The number of aliphatic hydroxyl groups is 34. The molecule has 35 N–H and O–H groups in total. The van der Waals surface area contributed by atoms with Crippen molar-refractivity contribution in [1.29, 1.82) is 0 Å². The Bertz CT molecular complexity index is 3250. The second-order valence-corrected chi connectivity index (χ2v) is 31.6. The van der Waals surface area contributed by atoms with Crippen LogP contribution in [0.4, 0.5) is 0 Å². The van der Waals surface area contributed by atoms with Crippen LogP contribution in [0.5, 0.6) is 0 Å². The van der Waals surface area contributed by atoms with Gasteiger partial charge in [0.2, 0.25) is 5.91 Å². The van der Waals surface area contributed by atoms with Crippen LogP contribution in [0.1, 0.15) is 6.92 Å². The van der Waals surface area contributed by atoms with Crippen LogP contribution in [-0.2, 0) is 104 Å². The van der Waals surface area contributed by atoms with Gasteiger partial charge in [-0.25, -0.2) is 0 Å². The fraction of sp³-hybridized carbons (Fsp3) is 0.985. The molecule has 55 atom stereocenters. The molecule has 0 bridgehead atoms. The monoisotopic (exact) mass is 1840 g/mol. The molecule has 11 aliphatic rings. The molecule has 0 aromatic rings. The van der Waals surface area contributed by atoms with Gasteiger partial charge in [0.1, 0.15) is 269 Å². The average molecular weight is 1840 g/mol. The van der Waals surface area contributed by atoms with Crippen molar-refractivity contribution in [3.8, 4) is 0 Å². The molecule has 0 unspecified atom stereocenters. The minimum Gasteiger partial charge on any atom is -0.394 e. The second kappa shape index (κ2) is 44.6. The second-order valence-electron chi connectivity index (χ2n) is 31.6. The highest BCUT2D eigenvalue weighted by Crippen LogP contribution is 2.42. The Kier molecular flexibility index (Phi) is 36.7. The SMILES string of the molecule is CC(=O)N[C@@H]1[C@@H](O)[C@H](O[C@@H]2O[C@H](CO[C@H]3O[C@H](CO)[C@@H](O)[C@H](O[C@H]4O[C@H](CO)[C@@H](O)[C@H](O)[C@@H]4O[C@H]4O[C@H](CO)[C@@H](O)[C@H](O)[C@@H]4O)[C@@H]3O)[C@@H](O)[C@H](O[C@H]3O[C@H](CO)[C@@H](O)[C@H](O)[C@@H]3O[C@H]3O[C@H](CO)[C@@H](O)[C@H](O)[C@@H]3O[C@H]3O[C@H](CO)[C@@H](O)[C@H](O[C@H]4O[C@H](CO)[C@@H](O)[C@H](O[C@H]5O[C@H](CO)[C@@H](O)[C@H](O)[C@H]5O[C@H]5O[C@H](CO)[C@@H](O)[C@H](O)[C@H]5O)[C@H]4O)[C@@H]3O)[C@@H]2O)[C@@H](CO)O[C@H]1O. The molecule has 11 aliphatic heterocycles. The third kappa shape index (κ3) is 21.7. The first-order valence-corrected chi connectivity index (χ1v) is 39.7. The van der Waals surface area contributed by atoms with Crippen molar-refractivity contribution in [2.45, 2.75) is 345 Å². The summed E-state index contributed by atoms with van der Waals surface area (Å²) < 4.78 is 122. The Morgan fingerprint density at radius 3 is 0.704 bits per heavy atom. The lowest BCUT2D eigenvalue weighted by molar-refractivity contribution is -0.413. The topological polar surface area (TPSA) is 911 Å². The zero-order valence-corrected chi connectivity index (χ0v) is 65.7. The van der Waals surface area contributed by atoms with Crippen LogP contribution < -0.4 is 5.32 Å². The van der Waals surface area contributed by atoms with Gasteiger partial charge in [0, 0.05) is 6.92 Å². The first-order valence-electron chi connectivity index (χ1n) is 39.7. The summed E-state index contributed by atoms with van der Waals surface area (Å²) in [5, 5.41) is 379. The van der Waals surface area contributed by atoms with Crippen LogP contribution in [-0.4, -0.2) is 590 Å². The molecule has 0 saturated carbocycles. The molecule has 57 nitrogen and oxygen atoms in total. The highest BCUT2D eigenvalue weighted by Gasteiger charge is 2.63. The molecule has 728 valence electrons. The number of rotatable bonds is 32. The summed E-state index contributed by atoms with van der Waals surface area (Å²) in [5.41, 5.74) is 0. The molecular formula is C68H115NO56. The van der Waals surface area contributed by atoms with E-state index in [0.717, 1.165) is 6.92 Å². The number of nitrogens with one attached hydrogen (secondary N) is 1. The molecule has 0 aliphatic carbocycles. The summed E-state index contributed by atoms with van der Waals surface area (Å²) in [7, 11) is 0. The minimum atomic E-state index is -2.58. The van der Waals surface area contributed by atoms with Crippen molar-refractivity contribution in [1.82, 2.24) is 5.32 Å². The van der Waals surface area contributed by atoms with Crippen molar-refractivity contribution < 1.29 is 278 Å². The van der Waals surface area contributed by atoms with Crippen LogP contribution in [0.15, 0.2) is 0 Å². The Labute approximate surface area is 704 Å². The number of hydrogen-bond acceptors (Lipinski definition) is 56. The highest BCUT2D eigenvalue weighted by atomic mass is 16.8. The maximum Gasteiger partial charge on any atom is 0.217 e. The van der Waals surface area contributed by atoms with E-state index < -0.39 is 416 Å². The Morgan fingerprint density at radius 2 is 0.416 bits per heavy atom. The Morgan fingerprint density at radius 1 is 0.208 bits per heavy atom. The van der Waals surface area contributed by atoms with Crippen LogP contribution in [0.2, 0.25) is 0 Å². The molecule has 57 heteroatoms. The third-order valence-corrected chi connectivity index (χ3v) is 23.4. The summed E-state index contributed by atoms with van der Waals surface area (Å²) >= 11 is 0. The molecule has 11 heterocycles. The van der Waals surface area contributed by atoms with Crippen LogP contribution in [0.25, 0.3) is 0 Å². The highest BCUT2D eigenvalue weighted by molar-refractivity contribution is 5.73. The average Bonchev–Trinajstić information content (AvgIpc) is 0.751. The van der Waals surface area contributed by atoms with E-state index in [1.165, 1.54) is 0 Å². The fourth-order valence-electron chi connectivity index (χ4n) is 16.1. The molecule has 125 heavy (non-hydrogen) atoms. The van der Waals surface area contributed by atoms with Crippen LogP contribution in [0.3, 0.4) is 0 Å². The van der Waals surface area contributed by atoms with Gasteiger partial charge in [-0.05, 0) is 0 Å². The molecule has 0 spiro atoms. The number of hydrogen-bond donors (Lipinski definition) is 35. The zero-order chi connectivity index (χ0) is 91.7. The molecule has 1 amide bonds. The molecule has 0 aromatic carbocycles. The molecule has 11 rings (SSSR count). The first-order chi connectivity index (χ1) is 59.3. The fourth-order valence-corrected chi connectivity index (χ4v) is 16.1. The van der Waals surface area contributed by atoms with Gasteiger partial charge in [0.25, 0.3) is 0 Å². The molecule has 0 aromatic heterocycles. The standard InChI is InChI=1S/C68H115NO56/c1-13(80)69-25-36(91)49(23(11-79)106-58(25)104)117-64-48(103)53(35(90)24(116-64)12-105-59-45(100)50(32(87)20(8-76)107-59)119-65-54(39(94)28(83)16(4-72)112-65)122-60-43(98)37(92)26(81)14(2-70)108-60)121-67-57(42(97)31(86)18(6-74)114-67)125-68-56(41(96)30(85)19(7-75)115-68)124-63-46(101)51(33(88)21(9-77)111-63)118-62-47(102)52(34(89)22(10-78)110-62)120-66-55(40(95)29(84)17(5-73)113-66)123-61-44(99)38(93)27(82)15(3-71)109-61/h14-68,70-79,81-104H,2-12H2,1H3,(H,69,80)/t14-,15-,16-,17-,18-,19-,20-,21-,22-,23-,24-,25-,26-,27-,28-,29-,30-,31-,32-,33-,34-,35-,36-,37+,38+,39+,40+,41+,42+,43+,44-,45+,46+,47-,48+,49-,50+,51+,52+,53+,54+,55-,56+,57+,58-,59+,60-,61-,62-,63-,64+,65-,66-,67-,68-/m1/s1. The van der Waals surface area contributed by atoms with Crippen molar-refractivity contribution >= 4 is 5.91 Å². The van der Waals surface area contributed by atoms with Gasteiger partial charge in [0.15, 0.2) is 69.2 Å². The van der Waals surface area contributed by atoms with Gasteiger partial charge < -0.3 is 278 Å². The van der Waals surface area contributed by atoms with Gasteiger partial charge in [0.05, 0.1) is 72.7 Å². The Balaban J connectivity index is 0.860. The van der Waals surface area contributed by atoms with Gasteiger partial charge >= 0.3 is 0 Å². The van der Waals surface area contributed by atoms with Crippen molar-refractivity contribution in [3.63, 3.8) is 0 Å².